The van der Waals surface area contributed by atoms with E-state index in [1.807, 2.05) is 54.6 Å². The summed E-state index contributed by atoms with van der Waals surface area (Å²) in [6, 6.07) is 17.5. The molecule has 5 heteroatoms. The van der Waals surface area contributed by atoms with Crippen molar-refractivity contribution in [2.45, 2.75) is 10.6 Å². The topological polar surface area (TPSA) is 38.9 Å². The third kappa shape index (κ3) is 3.21. The molecule has 0 saturated heterocycles. The Labute approximate surface area is 126 Å². The Morgan fingerprint density at radius 2 is 1.75 bits per heavy atom. The molecule has 100 valence electrons. The number of benzene rings is 2. The Hall–Kier alpha value is -1.78. The van der Waals surface area contributed by atoms with Crippen molar-refractivity contribution in [2.24, 2.45) is 0 Å². The third-order valence-corrected chi connectivity index (χ3v) is 3.92. The van der Waals surface area contributed by atoms with Gasteiger partial charge in [0.2, 0.25) is 11.7 Å². The van der Waals surface area contributed by atoms with E-state index in [1.54, 1.807) is 11.8 Å². The predicted molar refractivity (Wildman–Crippen MR) is 80.7 cm³/mol. The van der Waals surface area contributed by atoms with Gasteiger partial charge >= 0.3 is 0 Å². The number of hydrogen-bond acceptors (Lipinski definition) is 4. The summed E-state index contributed by atoms with van der Waals surface area (Å²) in [4.78, 5) is 5.51. The summed E-state index contributed by atoms with van der Waals surface area (Å²) in [6.45, 7) is 0. The van der Waals surface area contributed by atoms with Crippen LogP contribution in [-0.4, -0.2) is 10.1 Å². The fraction of sp³-hybridized carbons (Fsp3) is 0.0667. The first-order valence-corrected chi connectivity index (χ1v) is 7.44. The molecule has 3 nitrogen and oxygen atoms in total. The quantitative estimate of drug-likeness (QED) is 0.656. The monoisotopic (exact) mass is 302 g/mol. The largest absolute Gasteiger partial charge is 0.338 e. The maximum atomic E-state index is 5.85. The summed E-state index contributed by atoms with van der Waals surface area (Å²) in [6.07, 6.45) is 0. The molecule has 0 saturated carbocycles. The Balaban J connectivity index is 1.67. The Bertz CT molecular complexity index is 683. The van der Waals surface area contributed by atoms with Gasteiger partial charge in [-0.2, -0.15) is 4.98 Å². The van der Waals surface area contributed by atoms with Gasteiger partial charge in [-0.05, 0) is 24.3 Å². The van der Waals surface area contributed by atoms with Gasteiger partial charge in [0.05, 0.1) is 5.75 Å². The van der Waals surface area contributed by atoms with Gasteiger partial charge < -0.3 is 4.52 Å². The van der Waals surface area contributed by atoms with Crippen LogP contribution in [0.3, 0.4) is 0 Å². The number of rotatable bonds is 4. The van der Waals surface area contributed by atoms with Crippen molar-refractivity contribution in [1.82, 2.24) is 10.1 Å². The van der Waals surface area contributed by atoms with Crippen LogP contribution in [0.1, 0.15) is 5.89 Å². The lowest BCUT2D eigenvalue weighted by Crippen LogP contribution is -1.82. The molecular formula is C15H11ClN2OS. The van der Waals surface area contributed by atoms with Crippen LogP contribution in [-0.2, 0) is 5.75 Å². The molecule has 3 rings (SSSR count). The number of nitrogens with zero attached hydrogens (tertiary/aromatic N) is 2. The summed E-state index contributed by atoms with van der Waals surface area (Å²) >= 11 is 7.49. The standard InChI is InChI=1S/C15H11ClN2OS/c16-12-6-8-13(9-7-12)20-10-14-17-15(18-19-14)11-4-2-1-3-5-11/h1-9H,10H2. The minimum atomic E-state index is 0.615. The van der Waals surface area contributed by atoms with E-state index in [2.05, 4.69) is 10.1 Å². The van der Waals surface area contributed by atoms with Crippen LogP contribution in [0.5, 0.6) is 0 Å². The van der Waals surface area contributed by atoms with Crippen molar-refractivity contribution in [3.63, 3.8) is 0 Å². The third-order valence-electron chi connectivity index (χ3n) is 2.68. The molecule has 0 unspecified atom stereocenters. The number of hydrogen-bond donors (Lipinski definition) is 0. The summed E-state index contributed by atoms with van der Waals surface area (Å²) in [5.74, 6) is 1.88. The summed E-state index contributed by atoms with van der Waals surface area (Å²) in [7, 11) is 0. The predicted octanol–water partition coefficient (Wildman–Crippen LogP) is 4.68. The molecule has 0 aliphatic heterocycles. The first-order chi connectivity index (χ1) is 9.81. The molecule has 0 fully saturated rings. The van der Waals surface area contributed by atoms with E-state index in [0.29, 0.717) is 17.5 Å². The molecule has 3 aromatic rings. The molecule has 0 spiro atoms. The minimum Gasteiger partial charge on any atom is -0.338 e. The Kier molecular flexibility index (Phi) is 4.04. The molecule has 1 aromatic heterocycles. The van der Waals surface area contributed by atoms with Gasteiger partial charge in [0.15, 0.2) is 0 Å². The lowest BCUT2D eigenvalue weighted by molar-refractivity contribution is 0.391. The maximum absolute atomic E-state index is 5.85. The van der Waals surface area contributed by atoms with E-state index < -0.39 is 0 Å². The van der Waals surface area contributed by atoms with E-state index in [0.717, 1.165) is 15.5 Å². The number of thioether (sulfide) groups is 1. The van der Waals surface area contributed by atoms with Crippen molar-refractivity contribution < 1.29 is 4.52 Å². The summed E-state index contributed by atoms with van der Waals surface area (Å²) < 4.78 is 5.26. The van der Waals surface area contributed by atoms with Gasteiger partial charge in [0.25, 0.3) is 0 Å². The number of halogens is 1. The second-order valence-corrected chi connectivity index (χ2v) is 5.61. The second kappa shape index (κ2) is 6.11. The van der Waals surface area contributed by atoms with Gasteiger partial charge in [-0.1, -0.05) is 47.1 Å². The second-order valence-electron chi connectivity index (χ2n) is 4.12. The molecular weight excluding hydrogens is 292 g/mol. The highest BCUT2D eigenvalue weighted by molar-refractivity contribution is 7.98. The zero-order chi connectivity index (χ0) is 13.8. The van der Waals surface area contributed by atoms with Crippen molar-refractivity contribution in [3.8, 4) is 11.4 Å². The van der Waals surface area contributed by atoms with E-state index in [9.17, 15) is 0 Å². The average molecular weight is 303 g/mol. The molecule has 0 radical (unpaired) electrons. The normalized spacial score (nSPS) is 10.7. The molecule has 0 N–H and O–H groups in total. The maximum Gasteiger partial charge on any atom is 0.237 e. The van der Waals surface area contributed by atoms with Crippen molar-refractivity contribution in [3.05, 3.63) is 65.5 Å². The lowest BCUT2D eigenvalue weighted by atomic mass is 10.2. The summed E-state index contributed by atoms with van der Waals surface area (Å²) in [5, 5.41) is 4.73. The molecule has 2 aromatic carbocycles. The molecule has 0 amide bonds. The first kappa shape index (κ1) is 13.2. The molecule has 0 aliphatic rings. The summed E-state index contributed by atoms with van der Waals surface area (Å²) in [5.41, 5.74) is 0.957. The van der Waals surface area contributed by atoms with Crippen molar-refractivity contribution in [2.75, 3.05) is 0 Å². The van der Waals surface area contributed by atoms with E-state index in [-0.39, 0.29) is 0 Å². The fourth-order valence-corrected chi connectivity index (χ4v) is 2.56. The average Bonchev–Trinajstić information content (AvgIpc) is 2.97. The molecule has 0 atom stereocenters. The zero-order valence-electron chi connectivity index (χ0n) is 10.5. The van der Waals surface area contributed by atoms with Crippen LogP contribution < -0.4 is 0 Å². The van der Waals surface area contributed by atoms with Crippen LogP contribution in [0.15, 0.2) is 64.0 Å². The van der Waals surface area contributed by atoms with Gasteiger partial charge in [-0.3, -0.25) is 0 Å². The highest BCUT2D eigenvalue weighted by atomic mass is 35.5. The Morgan fingerprint density at radius 1 is 1.00 bits per heavy atom. The van der Waals surface area contributed by atoms with Crippen molar-refractivity contribution in [1.29, 1.82) is 0 Å². The van der Waals surface area contributed by atoms with Crippen LogP contribution in [0, 0.1) is 0 Å². The Morgan fingerprint density at radius 3 is 2.50 bits per heavy atom. The fourth-order valence-electron chi connectivity index (χ4n) is 1.69. The lowest BCUT2D eigenvalue weighted by Gasteiger charge is -1.97. The van der Waals surface area contributed by atoms with Crippen molar-refractivity contribution >= 4 is 23.4 Å². The van der Waals surface area contributed by atoms with E-state index >= 15 is 0 Å². The smallest absolute Gasteiger partial charge is 0.237 e. The van der Waals surface area contributed by atoms with Gasteiger partial charge in [0.1, 0.15) is 0 Å². The van der Waals surface area contributed by atoms with Crippen LogP contribution >= 0.6 is 23.4 Å². The van der Waals surface area contributed by atoms with Gasteiger partial charge in [-0.25, -0.2) is 0 Å². The minimum absolute atomic E-state index is 0.615. The molecule has 0 bridgehead atoms. The highest BCUT2D eigenvalue weighted by Crippen LogP contribution is 2.24. The van der Waals surface area contributed by atoms with Crippen LogP contribution in [0.25, 0.3) is 11.4 Å². The van der Waals surface area contributed by atoms with E-state index in [1.165, 1.54) is 0 Å². The molecule has 20 heavy (non-hydrogen) atoms. The SMILES string of the molecule is Clc1ccc(SCc2nc(-c3ccccc3)no2)cc1. The molecule has 0 aliphatic carbocycles. The highest BCUT2D eigenvalue weighted by Gasteiger charge is 2.08. The van der Waals surface area contributed by atoms with Crippen LogP contribution in [0.4, 0.5) is 0 Å². The zero-order valence-corrected chi connectivity index (χ0v) is 12.1. The molecule has 1 heterocycles. The van der Waals surface area contributed by atoms with Gasteiger partial charge in [-0.15, -0.1) is 11.8 Å². The van der Waals surface area contributed by atoms with Gasteiger partial charge in [0, 0.05) is 15.5 Å². The first-order valence-electron chi connectivity index (χ1n) is 6.07. The number of aromatic nitrogens is 2. The van der Waals surface area contributed by atoms with E-state index in [4.69, 9.17) is 16.1 Å². The van der Waals surface area contributed by atoms with Crippen LogP contribution in [0.2, 0.25) is 5.02 Å².